The summed E-state index contributed by atoms with van der Waals surface area (Å²) in [5.74, 6) is 0.0170. The van der Waals surface area contributed by atoms with Crippen LogP contribution < -0.4 is 10.1 Å². The lowest BCUT2D eigenvalue weighted by Gasteiger charge is -2.16. The number of aryl methyl sites for hydroxylation is 1. The summed E-state index contributed by atoms with van der Waals surface area (Å²) in [7, 11) is 0. The number of amides is 2. The number of nitrogens with zero attached hydrogens (tertiary/aromatic N) is 1. The first-order chi connectivity index (χ1) is 14.4. The molecule has 158 valence electrons. The van der Waals surface area contributed by atoms with Crippen molar-refractivity contribution < 1.29 is 19.1 Å². The average Bonchev–Trinajstić information content (AvgIpc) is 2.93. The molecule has 1 N–H and O–H groups in total. The van der Waals surface area contributed by atoms with Crippen LogP contribution in [-0.4, -0.2) is 42.6 Å². The minimum Gasteiger partial charge on any atom is -0.494 e. The Labute approximate surface area is 177 Å². The molecule has 0 saturated carbocycles. The van der Waals surface area contributed by atoms with Gasteiger partial charge in [-0.2, -0.15) is 0 Å². The lowest BCUT2D eigenvalue weighted by Crippen LogP contribution is -2.35. The van der Waals surface area contributed by atoms with Crippen molar-refractivity contribution in [2.45, 2.75) is 33.8 Å². The first-order valence-electron chi connectivity index (χ1n) is 10.2. The Hall–Kier alpha value is -3.12. The molecule has 0 atom stereocenters. The summed E-state index contributed by atoms with van der Waals surface area (Å²) in [4.78, 5) is 27.6. The molecule has 0 saturated heterocycles. The predicted octanol–water partition coefficient (Wildman–Crippen LogP) is 4.01. The molecule has 2 amide bonds. The monoisotopic (exact) mass is 408 g/mol. The van der Waals surface area contributed by atoms with E-state index in [1.165, 1.54) is 4.90 Å². The normalized spacial score (nSPS) is 14.1. The van der Waals surface area contributed by atoms with Crippen molar-refractivity contribution in [3.05, 3.63) is 65.4 Å². The van der Waals surface area contributed by atoms with Gasteiger partial charge in [0.25, 0.3) is 11.8 Å². The maximum absolute atomic E-state index is 13.2. The van der Waals surface area contributed by atoms with Gasteiger partial charge in [0.15, 0.2) is 0 Å². The van der Waals surface area contributed by atoms with Crippen LogP contribution in [0, 0.1) is 6.92 Å². The van der Waals surface area contributed by atoms with E-state index in [0.717, 1.165) is 5.56 Å². The van der Waals surface area contributed by atoms with Gasteiger partial charge in [0, 0.05) is 11.8 Å². The van der Waals surface area contributed by atoms with E-state index in [9.17, 15) is 9.59 Å². The molecular weight excluding hydrogens is 380 g/mol. The van der Waals surface area contributed by atoms with Crippen molar-refractivity contribution >= 4 is 23.1 Å². The molecule has 0 fully saturated rings. The van der Waals surface area contributed by atoms with Gasteiger partial charge in [0.2, 0.25) is 0 Å². The molecule has 2 aromatic rings. The number of carbonyl (C=O) groups excluding carboxylic acids is 2. The number of benzene rings is 2. The van der Waals surface area contributed by atoms with Crippen molar-refractivity contribution in [3.8, 4) is 5.75 Å². The molecule has 6 nitrogen and oxygen atoms in total. The van der Waals surface area contributed by atoms with E-state index in [1.54, 1.807) is 0 Å². The van der Waals surface area contributed by atoms with E-state index < -0.39 is 0 Å². The van der Waals surface area contributed by atoms with E-state index in [0.29, 0.717) is 35.8 Å². The molecule has 6 heteroatoms. The van der Waals surface area contributed by atoms with Crippen LogP contribution in [0.5, 0.6) is 5.75 Å². The average molecular weight is 408 g/mol. The van der Waals surface area contributed by atoms with Crippen LogP contribution in [0.25, 0.3) is 5.57 Å². The largest absolute Gasteiger partial charge is 0.494 e. The summed E-state index contributed by atoms with van der Waals surface area (Å²) in [6.07, 6.45) is 0.0289. The molecule has 0 aromatic heterocycles. The van der Waals surface area contributed by atoms with Crippen molar-refractivity contribution in [1.29, 1.82) is 0 Å². The summed E-state index contributed by atoms with van der Waals surface area (Å²) < 4.78 is 11.1. The molecule has 1 heterocycles. The smallest absolute Gasteiger partial charge is 0.278 e. The van der Waals surface area contributed by atoms with Gasteiger partial charge in [-0.05, 0) is 45.4 Å². The van der Waals surface area contributed by atoms with Gasteiger partial charge in [-0.3, -0.25) is 14.5 Å². The molecular formula is C24H28N2O4. The predicted molar refractivity (Wildman–Crippen MR) is 117 cm³/mol. The SMILES string of the molecule is CCOc1cccc(NC2=C(c3ccc(C)cc3)C(=O)N(CCOC(C)C)C2=O)c1. The topological polar surface area (TPSA) is 67.9 Å². The quantitative estimate of drug-likeness (QED) is 0.635. The second-order valence-corrected chi connectivity index (χ2v) is 7.38. The van der Waals surface area contributed by atoms with Gasteiger partial charge >= 0.3 is 0 Å². The molecule has 2 aromatic carbocycles. The van der Waals surface area contributed by atoms with Crippen molar-refractivity contribution in [2.75, 3.05) is 25.1 Å². The first kappa shape index (κ1) is 21.6. The second kappa shape index (κ2) is 9.59. The van der Waals surface area contributed by atoms with Gasteiger partial charge in [-0.15, -0.1) is 0 Å². The zero-order valence-corrected chi connectivity index (χ0v) is 17.9. The highest BCUT2D eigenvalue weighted by molar-refractivity contribution is 6.36. The number of carbonyl (C=O) groups is 2. The van der Waals surface area contributed by atoms with Crippen LogP contribution in [0.1, 0.15) is 31.9 Å². The summed E-state index contributed by atoms with van der Waals surface area (Å²) in [6.45, 7) is 8.77. The Bertz CT molecular complexity index is 948. The first-order valence-corrected chi connectivity index (χ1v) is 10.2. The highest BCUT2D eigenvalue weighted by Gasteiger charge is 2.39. The summed E-state index contributed by atoms with van der Waals surface area (Å²) in [6, 6.07) is 14.9. The molecule has 0 radical (unpaired) electrons. The van der Waals surface area contributed by atoms with Gasteiger partial charge in [0.1, 0.15) is 11.4 Å². The number of anilines is 1. The number of hydrogen-bond acceptors (Lipinski definition) is 5. The Kier molecular flexibility index (Phi) is 6.90. The Morgan fingerprint density at radius 1 is 1.03 bits per heavy atom. The van der Waals surface area contributed by atoms with Gasteiger partial charge in [-0.1, -0.05) is 35.9 Å². The maximum Gasteiger partial charge on any atom is 0.278 e. The van der Waals surface area contributed by atoms with Crippen LogP contribution in [0.3, 0.4) is 0 Å². The fraction of sp³-hybridized carbons (Fsp3) is 0.333. The van der Waals surface area contributed by atoms with Crippen LogP contribution >= 0.6 is 0 Å². The maximum atomic E-state index is 13.2. The zero-order chi connectivity index (χ0) is 21.7. The third-order valence-corrected chi connectivity index (χ3v) is 4.69. The Morgan fingerprint density at radius 2 is 1.77 bits per heavy atom. The number of ether oxygens (including phenoxy) is 2. The minimum atomic E-state index is -0.357. The van der Waals surface area contributed by atoms with Crippen LogP contribution in [-0.2, 0) is 14.3 Å². The second-order valence-electron chi connectivity index (χ2n) is 7.38. The third-order valence-electron chi connectivity index (χ3n) is 4.69. The summed E-state index contributed by atoms with van der Waals surface area (Å²) in [5, 5.41) is 3.16. The van der Waals surface area contributed by atoms with Crippen LogP contribution in [0.15, 0.2) is 54.2 Å². The number of rotatable bonds is 9. The third kappa shape index (κ3) is 4.89. The van der Waals surface area contributed by atoms with E-state index in [-0.39, 0.29) is 30.2 Å². The molecule has 30 heavy (non-hydrogen) atoms. The lowest BCUT2D eigenvalue weighted by molar-refractivity contribution is -0.137. The Morgan fingerprint density at radius 3 is 2.43 bits per heavy atom. The number of imide groups is 1. The van der Waals surface area contributed by atoms with Gasteiger partial charge in [0.05, 0.1) is 31.4 Å². The van der Waals surface area contributed by atoms with E-state index in [4.69, 9.17) is 9.47 Å². The van der Waals surface area contributed by atoms with Crippen molar-refractivity contribution in [3.63, 3.8) is 0 Å². The standard InChI is InChI=1S/C24H28N2O4/c1-5-29-20-8-6-7-19(15-20)25-22-21(18-11-9-17(4)10-12-18)23(27)26(24(22)28)13-14-30-16(2)3/h6-12,15-16,25H,5,13-14H2,1-4H3. The van der Waals surface area contributed by atoms with Crippen molar-refractivity contribution in [2.24, 2.45) is 0 Å². The van der Waals surface area contributed by atoms with E-state index in [2.05, 4.69) is 5.32 Å². The molecule has 0 unspecified atom stereocenters. The zero-order valence-electron chi connectivity index (χ0n) is 17.9. The highest BCUT2D eigenvalue weighted by atomic mass is 16.5. The molecule has 1 aliphatic heterocycles. The highest BCUT2D eigenvalue weighted by Crippen LogP contribution is 2.31. The van der Waals surface area contributed by atoms with E-state index in [1.807, 2.05) is 76.2 Å². The minimum absolute atomic E-state index is 0.0289. The fourth-order valence-electron chi connectivity index (χ4n) is 3.24. The summed E-state index contributed by atoms with van der Waals surface area (Å²) >= 11 is 0. The number of nitrogens with one attached hydrogen (secondary N) is 1. The van der Waals surface area contributed by atoms with Gasteiger partial charge in [-0.25, -0.2) is 0 Å². The molecule has 0 bridgehead atoms. The molecule has 0 aliphatic carbocycles. The molecule has 3 rings (SSSR count). The van der Waals surface area contributed by atoms with Crippen LogP contribution in [0.2, 0.25) is 0 Å². The van der Waals surface area contributed by atoms with Gasteiger partial charge < -0.3 is 14.8 Å². The van der Waals surface area contributed by atoms with Crippen molar-refractivity contribution in [1.82, 2.24) is 4.90 Å². The fourth-order valence-corrected chi connectivity index (χ4v) is 3.24. The summed E-state index contributed by atoms with van der Waals surface area (Å²) in [5.41, 5.74) is 3.10. The Balaban J connectivity index is 1.94. The molecule has 0 spiro atoms. The number of hydrogen-bond donors (Lipinski definition) is 1. The lowest BCUT2D eigenvalue weighted by atomic mass is 10.0. The van der Waals surface area contributed by atoms with Crippen LogP contribution in [0.4, 0.5) is 5.69 Å². The van der Waals surface area contributed by atoms with E-state index >= 15 is 0 Å². The molecule has 1 aliphatic rings.